The lowest BCUT2D eigenvalue weighted by atomic mass is 9.90. The second-order valence-corrected chi connectivity index (χ2v) is 8.61. The van der Waals surface area contributed by atoms with Crippen LogP contribution in [0.2, 0.25) is 5.02 Å². The number of benzene rings is 1. The van der Waals surface area contributed by atoms with Crippen LogP contribution in [-0.2, 0) is 4.74 Å². The average Bonchev–Trinajstić information content (AvgIpc) is 2.79. The third-order valence-corrected chi connectivity index (χ3v) is 6.31. The average molecular weight is 447 g/mol. The van der Waals surface area contributed by atoms with Crippen molar-refractivity contribution in [3.63, 3.8) is 0 Å². The molecule has 0 spiro atoms. The Morgan fingerprint density at radius 3 is 2.68 bits per heavy atom. The van der Waals surface area contributed by atoms with Crippen molar-refractivity contribution in [3.05, 3.63) is 52.4 Å². The van der Waals surface area contributed by atoms with Gasteiger partial charge in [0.1, 0.15) is 11.6 Å². The lowest BCUT2D eigenvalue weighted by molar-refractivity contribution is 0.0923. The number of morpholine rings is 1. The Balaban J connectivity index is 1.46. The lowest BCUT2D eigenvalue weighted by Gasteiger charge is -2.34. The summed E-state index contributed by atoms with van der Waals surface area (Å²) in [4.78, 5) is 19.6. The zero-order valence-electron chi connectivity index (χ0n) is 17.7. The number of hydrogen-bond acceptors (Lipinski definition) is 5. The molecule has 2 N–H and O–H groups in total. The Bertz CT molecular complexity index is 936. The maximum absolute atomic E-state index is 13.4. The molecule has 2 unspecified atom stereocenters. The maximum atomic E-state index is 13.4. The van der Waals surface area contributed by atoms with Crippen LogP contribution in [0.1, 0.15) is 41.6 Å². The van der Waals surface area contributed by atoms with Crippen molar-refractivity contribution in [2.24, 2.45) is 0 Å². The number of hydrogen-bond donors (Lipinski definition) is 2. The van der Waals surface area contributed by atoms with E-state index in [9.17, 15) is 9.18 Å². The first-order chi connectivity index (χ1) is 15.0. The third kappa shape index (κ3) is 5.28. The highest BCUT2D eigenvalue weighted by Crippen LogP contribution is 2.27. The maximum Gasteiger partial charge on any atom is 0.251 e. The fourth-order valence-electron chi connectivity index (χ4n) is 4.29. The number of nitrogens with zero attached hydrogens (tertiary/aromatic N) is 2. The molecule has 6 nitrogen and oxygen atoms in total. The second kappa shape index (κ2) is 9.83. The lowest BCUT2D eigenvalue weighted by Crippen LogP contribution is -2.48. The summed E-state index contributed by atoms with van der Waals surface area (Å²) in [5.74, 6) is 0.0338. The minimum atomic E-state index is -0.531. The van der Waals surface area contributed by atoms with Gasteiger partial charge in [0.05, 0.1) is 18.2 Å². The molecule has 0 radical (unpaired) electrons. The van der Waals surface area contributed by atoms with Crippen LogP contribution in [0.25, 0.3) is 0 Å². The molecule has 2 aromatic rings. The van der Waals surface area contributed by atoms with Crippen LogP contribution in [0.5, 0.6) is 0 Å². The molecule has 2 atom stereocenters. The molecule has 31 heavy (non-hydrogen) atoms. The van der Waals surface area contributed by atoms with Crippen molar-refractivity contribution < 1.29 is 13.9 Å². The molecule has 0 bridgehead atoms. The molecule has 1 saturated carbocycles. The summed E-state index contributed by atoms with van der Waals surface area (Å²) in [5.41, 5.74) is 2.66. The van der Waals surface area contributed by atoms with Gasteiger partial charge in [0.2, 0.25) is 0 Å². The quantitative estimate of drug-likeness (QED) is 0.721. The predicted octanol–water partition coefficient (Wildman–Crippen LogP) is 4.17. The zero-order valence-corrected chi connectivity index (χ0v) is 18.4. The molecule has 1 aliphatic carbocycles. The smallest absolute Gasteiger partial charge is 0.251 e. The fourth-order valence-corrected chi connectivity index (χ4v) is 4.47. The van der Waals surface area contributed by atoms with E-state index >= 15 is 0 Å². The van der Waals surface area contributed by atoms with Gasteiger partial charge in [0, 0.05) is 48.7 Å². The normalized spacial score (nSPS) is 21.6. The molecule has 1 amide bonds. The van der Waals surface area contributed by atoms with Crippen LogP contribution in [-0.4, -0.2) is 49.3 Å². The minimum Gasteiger partial charge on any atom is -0.378 e. The van der Waals surface area contributed by atoms with E-state index in [4.69, 9.17) is 16.3 Å². The van der Waals surface area contributed by atoms with Gasteiger partial charge in [0.15, 0.2) is 0 Å². The number of aryl methyl sites for hydroxylation is 1. The van der Waals surface area contributed by atoms with Gasteiger partial charge < -0.3 is 20.3 Å². The molecule has 1 aliphatic heterocycles. The summed E-state index contributed by atoms with van der Waals surface area (Å²) in [6.45, 7) is 5.27. The molecule has 8 heteroatoms. The Morgan fingerprint density at radius 2 is 1.94 bits per heavy atom. The van der Waals surface area contributed by atoms with E-state index in [0.29, 0.717) is 5.56 Å². The standard InChI is InChI=1S/C23H28ClFN4O2/c1-15-14-26-22(13-21(15)29-8-10-31-11-9-29)27-19-4-2-3-5-20(19)28-23(30)16-6-7-18(25)17(24)12-16/h6-7,12-14,19-20H,2-5,8-11H2,1H3,(H,26,27)(H,28,30). The number of halogens is 2. The van der Waals surface area contributed by atoms with Crippen molar-refractivity contribution in [1.82, 2.24) is 10.3 Å². The van der Waals surface area contributed by atoms with Crippen LogP contribution in [0.3, 0.4) is 0 Å². The first-order valence-electron chi connectivity index (χ1n) is 10.8. The van der Waals surface area contributed by atoms with Crippen molar-refractivity contribution in [2.75, 3.05) is 36.5 Å². The highest BCUT2D eigenvalue weighted by molar-refractivity contribution is 6.31. The van der Waals surface area contributed by atoms with E-state index in [0.717, 1.165) is 69.1 Å². The topological polar surface area (TPSA) is 66.5 Å². The minimum absolute atomic E-state index is 0.0416. The summed E-state index contributed by atoms with van der Waals surface area (Å²) < 4.78 is 18.9. The van der Waals surface area contributed by atoms with Crippen LogP contribution in [0.15, 0.2) is 30.5 Å². The summed E-state index contributed by atoms with van der Waals surface area (Å²) >= 11 is 5.84. The predicted molar refractivity (Wildman–Crippen MR) is 121 cm³/mol. The van der Waals surface area contributed by atoms with Gasteiger partial charge in [-0.15, -0.1) is 0 Å². The number of nitrogens with one attached hydrogen (secondary N) is 2. The van der Waals surface area contributed by atoms with Crippen molar-refractivity contribution in [3.8, 4) is 0 Å². The molecule has 4 rings (SSSR count). The Morgan fingerprint density at radius 1 is 1.19 bits per heavy atom. The number of ether oxygens (including phenoxy) is 1. The van der Waals surface area contributed by atoms with E-state index < -0.39 is 5.82 Å². The summed E-state index contributed by atoms with van der Waals surface area (Å²) in [6, 6.07) is 6.16. The number of carbonyl (C=O) groups is 1. The summed E-state index contributed by atoms with van der Waals surface area (Å²) in [6.07, 6.45) is 5.85. The number of aromatic nitrogens is 1. The monoisotopic (exact) mass is 446 g/mol. The number of pyridine rings is 1. The number of rotatable bonds is 5. The number of anilines is 2. The van der Waals surface area contributed by atoms with Gasteiger partial charge in [-0.2, -0.15) is 0 Å². The van der Waals surface area contributed by atoms with Gasteiger partial charge in [0.25, 0.3) is 5.91 Å². The van der Waals surface area contributed by atoms with Crippen LogP contribution in [0.4, 0.5) is 15.9 Å². The van der Waals surface area contributed by atoms with Crippen LogP contribution >= 0.6 is 11.6 Å². The number of amides is 1. The highest BCUT2D eigenvalue weighted by atomic mass is 35.5. The van der Waals surface area contributed by atoms with Gasteiger partial charge in [-0.3, -0.25) is 4.79 Å². The van der Waals surface area contributed by atoms with Crippen LogP contribution < -0.4 is 15.5 Å². The molecule has 1 saturated heterocycles. The van der Waals surface area contributed by atoms with E-state index in [2.05, 4.69) is 33.5 Å². The largest absolute Gasteiger partial charge is 0.378 e. The molecule has 1 aromatic heterocycles. The molecule has 2 heterocycles. The Hall–Kier alpha value is -2.38. The SMILES string of the molecule is Cc1cnc(NC2CCCCC2NC(=O)c2ccc(F)c(Cl)c2)cc1N1CCOCC1. The molecule has 166 valence electrons. The van der Waals surface area contributed by atoms with E-state index in [1.807, 2.05) is 6.20 Å². The number of carbonyl (C=O) groups excluding carboxylic acids is 1. The van der Waals surface area contributed by atoms with E-state index in [-0.39, 0.29) is 23.0 Å². The fraction of sp³-hybridized carbons (Fsp3) is 0.478. The molecule has 1 aromatic carbocycles. The Labute approximate surface area is 187 Å². The molecule has 2 fully saturated rings. The Kier molecular flexibility index (Phi) is 6.92. The molecular formula is C23H28ClFN4O2. The van der Waals surface area contributed by atoms with Crippen molar-refractivity contribution in [2.45, 2.75) is 44.7 Å². The molecule has 2 aliphatic rings. The first kappa shape index (κ1) is 21.8. The van der Waals surface area contributed by atoms with Crippen molar-refractivity contribution >= 4 is 29.0 Å². The van der Waals surface area contributed by atoms with E-state index in [1.54, 1.807) is 0 Å². The highest BCUT2D eigenvalue weighted by Gasteiger charge is 2.27. The van der Waals surface area contributed by atoms with Crippen molar-refractivity contribution in [1.29, 1.82) is 0 Å². The first-order valence-corrected chi connectivity index (χ1v) is 11.2. The molecular weight excluding hydrogens is 419 g/mol. The van der Waals surface area contributed by atoms with Gasteiger partial charge in [-0.1, -0.05) is 24.4 Å². The summed E-state index contributed by atoms with van der Waals surface area (Å²) in [7, 11) is 0. The van der Waals surface area contributed by atoms with Gasteiger partial charge >= 0.3 is 0 Å². The van der Waals surface area contributed by atoms with Crippen LogP contribution in [0, 0.1) is 12.7 Å². The second-order valence-electron chi connectivity index (χ2n) is 8.20. The third-order valence-electron chi connectivity index (χ3n) is 6.02. The van der Waals surface area contributed by atoms with Gasteiger partial charge in [-0.05, 0) is 43.5 Å². The van der Waals surface area contributed by atoms with Gasteiger partial charge in [-0.25, -0.2) is 9.37 Å². The zero-order chi connectivity index (χ0) is 21.8. The summed E-state index contributed by atoms with van der Waals surface area (Å²) in [5, 5.41) is 6.60. The van der Waals surface area contributed by atoms with E-state index in [1.165, 1.54) is 18.2 Å².